The second-order valence-corrected chi connectivity index (χ2v) is 8.00. The van der Waals surface area contributed by atoms with Crippen LogP contribution in [0.2, 0.25) is 0 Å². The maximum atomic E-state index is 13.1. The second kappa shape index (κ2) is 11.2. The summed E-state index contributed by atoms with van der Waals surface area (Å²) in [5, 5.41) is 11.7. The van der Waals surface area contributed by atoms with Crippen LogP contribution in [0.1, 0.15) is 36.3 Å². The molecular weight excluding hydrogens is 453 g/mol. The highest BCUT2D eigenvalue weighted by atomic mass is 79.9. The molecular formula is C23H25BrFNO4. The van der Waals surface area contributed by atoms with Crippen LogP contribution in [0.3, 0.4) is 0 Å². The highest BCUT2D eigenvalue weighted by molar-refractivity contribution is 9.10. The number of halogens is 2. The molecule has 1 heterocycles. The minimum absolute atomic E-state index is 0.0266. The number of ether oxygens (including phenoxy) is 2. The van der Waals surface area contributed by atoms with Crippen LogP contribution in [0.25, 0.3) is 0 Å². The molecule has 0 bridgehead atoms. The lowest BCUT2D eigenvalue weighted by molar-refractivity contribution is -0.146. The Morgan fingerprint density at radius 1 is 1.17 bits per heavy atom. The van der Waals surface area contributed by atoms with Crippen molar-refractivity contribution in [1.29, 1.82) is 0 Å². The number of allylic oxidation sites excluding steroid dienone is 1. The molecule has 0 radical (unpaired) electrons. The van der Waals surface area contributed by atoms with E-state index in [1.807, 2.05) is 30.3 Å². The van der Waals surface area contributed by atoms with Crippen LogP contribution in [-0.4, -0.2) is 30.5 Å². The number of rotatable bonds is 9. The molecule has 160 valence electrons. The largest absolute Gasteiger partial charge is 0.459 e. The topological polar surface area (TPSA) is 67.8 Å². The van der Waals surface area contributed by atoms with Crippen molar-refractivity contribution in [3.05, 3.63) is 81.8 Å². The summed E-state index contributed by atoms with van der Waals surface area (Å²) in [6.45, 7) is 0.834. The van der Waals surface area contributed by atoms with Gasteiger partial charge in [-0.05, 0) is 54.3 Å². The van der Waals surface area contributed by atoms with E-state index >= 15 is 0 Å². The van der Waals surface area contributed by atoms with Gasteiger partial charge in [-0.2, -0.15) is 0 Å². The van der Waals surface area contributed by atoms with Crippen molar-refractivity contribution in [1.82, 2.24) is 5.32 Å². The van der Waals surface area contributed by atoms with Crippen LogP contribution in [0.4, 0.5) is 4.39 Å². The van der Waals surface area contributed by atoms with Crippen molar-refractivity contribution in [2.24, 2.45) is 0 Å². The van der Waals surface area contributed by atoms with Gasteiger partial charge in [0.05, 0.1) is 6.61 Å². The molecule has 0 spiro atoms. The molecule has 1 aliphatic rings. The second-order valence-electron chi connectivity index (χ2n) is 7.08. The van der Waals surface area contributed by atoms with Gasteiger partial charge in [0.15, 0.2) is 5.76 Å². The summed E-state index contributed by atoms with van der Waals surface area (Å²) in [5.41, 5.74) is 1.86. The van der Waals surface area contributed by atoms with E-state index in [1.165, 1.54) is 12.1 Å². The molecule has 0 fully saturated rings. The van der Waals surface area contributed by atoms with Crippen molar-refractivity contribution in [2.45, 2.75) is 38.0 Å². The van der Waals surface area contributed by atoms with Gasteiger partial charge in [0, 0.05) is 30.0 Å². The Morgan fingerprint density at radius 3 is 2.60 bits per heavy atom. The number of nitrogens with one attached hydrogen (secondary N) is 1. The predicted molar refractivity (Wildman–Crippen MR) is 115 cm³/mol. The zero-order valence-electron chi connectivity index (χ0n) is 16.5. The number of unbranched alkanes of at least 4 members (excludes halogenated alkanes) is 1. The molecule has 1 aliphatic heterocycles. The predicted octanol–water partition coefficient (Wildman–Crippen LogP) is 4.41. The van der Waals surface area contributed by atoms with Gasteiger partial charge in [-0.1, -0.05) is 40.2 Å². The first kappa shape index (κ1) is 22.5. The first-order valence-electron chi connectivity index (χ1n) is 9.94. The number of hydrogen-bond donors (Lipinski definition) is 2. The third-order valence-corrected chi connectivity index (χ3v) is 5.33. The van der Waals surface area contributed by atoms with Crippen molar-refractivity contribution in [3.63, 3.8) is 0 Å². The molecule has 5 nitrogen and oxygen atoms in total. The molecule has 0 saturated heterocycles. The van der Waals surface area contributed by atoms with Crippen molar-refractivity contribution in [3.8, 4) is 0 Å². The van der Waals surface area contributed by atoms with Crippen LogP contribution < -0.4 is 5.32 Å². The van der Waals surface area contributed by atoms with Crippen molar-refractivity contribution < 1.29 is 23.8 Å². The third kappa shape index (κ3) is 6.65. The van der Waals surface area contributed by atoms with E-state index in [0.29, 0.717) is 19.4 Å². The highest BCUT2D eigenvalue weighted by Crippen LogP contribution is 2.32. The lowest BCUT2D eigenvalue weighted by Crippen LogP contribution is -2.32. The summed E-state index contributed by atoms with van der Waals surface area (Å²) in [5.74, 6) is -0.475. The third-order valence-electron chi connectivity index (χ3n) is 4.80. The van der Waals surface area contributed by atoms with E-state index < -0.39 is 6.29 Å². The Morgan fingerprint density at radius 2 is 1.90 bits per heavy atom. The number of aliphatic hydroxyl groups excluding tert-OH is 1. The number of hydrogen-bond acceptors (Lipinski definition) is 4. The zero-order chi connectivity index (χ0) is 21.3. The summed E-state index contributed by atoms with van der Waals surface area (Å²) >= 11 is 3.44. The van der Waals surface area contributed by atoms with Gasteiger partial charge in [0.2, 0.25) is 6.29 Å². The minimum Gasteiger partial charge on any atom is -0.459 e. The molecule has 2 N–H and O–H groups in total. The van der Waals surface area contributed by atoms with Gasteiger partial charge in [-0.15, -0.1) is 0 Å². The van der Waals surface area contributed by atoms with Crippen LogP contribution in [-0.2, 0) is 20.8 Å². The molecule has 0 saturated carbocycles. The Kier molecular flexibility index (Phi) is 8.42. The quantitative estimate of drug-likeness (QED) is 0.525. The minimum atomic E-state index is -0.547. The van der Waals surface area contributed by atoms with E-state index in [4.69, 9.17) is 14.6 Å². The van der Waals surface area contributed by atoms with E-state index in [-0.39, 0.29) is 36.6 Å². The first-order valence-corrected chi connectivity index (χ1v) is 10.7. The highest BCUT2D eigenvalue weighted by Gasteiger charge is 2.28. The van der Waals surface area contributed by atoms with E-state index in [2.05, 4.69) is 21.2 Å². The average Bonchev–Trinajstić information content (AvgIpc) is 2.76. The van der Waals surface area contributed by atoms with Crippen LogP contribution >= 0.6 is 15.9 Å². The zero-order valence-corrected chi connectivity index (χ0v) is 18.1. The van der Waals surface area contributed by atoms with Crippen molar-refractivity contribution in [2.75, 3.05) is 13.2 Å². The fourth-order valence-corrected chi connectivity index (χ4v) is 3.43. The molecule has 30 heavy (non-hydrogen) atoms. The molecule has 1 amide bonds. The molecule has 2 atom stereocenters. The Bertz CT molecular complexity index is 855. The smallest absolute Gasteiger partial charge is 0.286 e. The SMILES string of the molecule is O=C(NCc1ccc(F)cc1)C1=C[C@@H](c2ccc(Br)cc2)C[C@@H](OCCCCO)O1. The van der Waals surface area contributed by atoms with Gasteiger partial charge in [-0.25, -0.2) is 4.39 Å². The van der Waals surface area contributed by atoms with Gasteiger partial charge in [-0.3, -0.25) is 4.79 Å². The number of aliphatic hydroxyl groups is 1. The first-order chi connectivity index (χ1) is 14.5. The van der Waals surface area contributed by atoms with Crippen LogP contribution in [0.5, 0.6) is 0 Å². The maximum absolute atomic E-state index is 13.1. The molecule has 0 unspecified atom stereocenters. The van der Waals surface area contributed by atoms with Crippen LogP contribution in [0.15, 0.2) is 64.8 Å². The monoisotopic (exact) mass is 477 g/mol. The number of carbonyl (C=O) groups is 1. The molecule has 3 rings (SSSR count). The van der Waals surface area contributed by atoms with Gasteiger partial charge < -0.3 is 19.9 Å². The maximum Gasteiger partial charge on any atom is 0.286 e. The summed E-state index contributed by atoms with van der Waals surface area (Å²) in [6, 6.07) is 13.9. The van der Waals surface area contributed by atoms with Crippen molar-refractivity contribution >= 4 is 21.8 Å². The standard InChI is InChI=1S/C23H25BrFNO4/c24-19-7-5-17(6-8-19)18-13-21(30-22(14-18)29-12-2-1-11-27)23(28)26-15-16-3-9-20(25)10-4-16/h3-10,13,18,22,27H,1-2,11-12,14-15H2,(H,26,28)/t18-,22+/m1/s1. The Hall–Kier alpha value is -2.22. The van der Waals surface area contributed by atoms with Gasteiger partial charge in [0.25, 0.3) is 5.91 Å². The van der Waals surface area contributed by atoms with Gasteiger partial charge >= 0.3 is 0 Å². The summed E-state index contributed by atoms with van der Waals surface area (Å²) < 4.78 is 25.7. The average molecular weight is 478 g/mol. The fourth-order valence-electron chi connectivity index (χ4n) is 3.16. The summed E-state index contributed by atoms with van der Waals surface area (Å²) in [4.78, 5) is 12.7. The molecule has 2 aromatic carbocycles. The lowest BCUT2D eigenvalue weighted by atomic mass is 9.93. The Labute approximate surface area is 184 Å². The lowest BCUT2D eigenvalue weighted by Gasteiger charge is -2.29. The Balaban J connectivity index is 1.68. The van der Waals surface area contributed by atoms with Crippen LogP contribution in [0, 0.1) is 5.82 Å². The normalized spacial score (nSPS) is 18.4. The number of benzene rings is 2. The molecule has 0 aliphatic carbocycles. The summed E-state index contributed by atoms with van der Waals surface area (Å²) in [7, 11) is 0. The molecule has 0 aromatic heterocycles. The number of carbonyl (C=O) groups excluding carboxylic acids is 1. The van der Waals surface area contributed by atoms with E-state index in [1.54, 1.807) is 12.1 Å². The van der Waals surface area contributed by atoms with E-state index in [9.17, 15) is 9.18 Å². The summed E-state index contributed by atoms with van der Waals surface area (Å²) in [6.07, 6.45) is 3.24. The molecule has 7 heteroatoms. The molecule has 2 aromatic rings. The van der Waals surface area contributed by atoms with E-state index in [0.717, 1.165) is 22.0 Å². The fraction of sp³-hybridized carbons (Fsp3) is 0.348. The number of amides is 1. The van der Waals surface area contributed by atoms with Gasteiger partial charge in [0.1, 0.15) is 5.82 Å².